The first-order chi connectivity index (χ1) is 13.4. The number of carbonyl (C=O) groups excluding carboxylic acids is 1. The summed E-state index contributed by atoms with van der Waals surface area (Å²) in [4.78, 5) is 31.5. The number of thiophene rings is 1. The van der Waals surface area contributed by atoms with Crippen molar-refractivity contribution in [1.29, 1.82) is 0 Å². The van der Waals surface area contributed by atoms with Crippen molar-refractivity contribution in [2.24, 2.45) is 7.05 Å². The van der Waals surface area contributed by atoms with Gasteiger partial charge in [0.05, 0.1) is 16.3 Å². The molecule has 1 saturated heterocycles. The van der Waals surface area contributed by atoms with E-state index in [9.17, 15) is 14.9 Å². The number of halogens is 1. The highest BCUT2D eigenvalue weighted by Crippen LogP contribution is 2.30. The molecule has 4 rings (SSSR count). The van der Waals surface area contributed by atoms with Crippen LogP contribution in [0.5, 0.6) is 0 Å². The number of aromatic nitrogens is 4. The van der Waals surface area contributed by atoms with Crippen LogP contribution >= 0.6 is 34.3 Å². The monoisotopic (exact) mass is 439 g/mol. The molecule has 0 atom stereocenters. The lowest BCUT2D eigenvalue weighted by atomic mass is 10.3. The number of carbonyl (C=O) groups is 1. The number of nitrogens with zero attached hydrogens (tertiary/aromatic N) is 7. The largest absolute Gasteiger partial charge is 0.358 e. The van der Waals surface area contributed by atoms with Crippen LogP contribution in [0.1, 0.15) is 9.67 Å². The normalized spacial score (nSPS) is 14.5. The van der Waals surface area contributed by atoms with E-state index in [1.165, 1.54) is 33.4 Å². The van der Waals surface area contributed by atoms with E-state index in [1.807, 2.05) is 4.90 Å². The van der Waals surface area contributed by atoms with Crippen LogP contribution in [0.15, 0.2) is 18.3 Å². The van der Waals surface area contributed by atoms with Crippen molar-refractivity contribution in [3.8, 4) is 10.8 Å². The smallest absolute Gasteiger partial charge is 0.342 e. The number of hydrogen-bond acceptors (Lipinski definition) is 9. The third-order valence-electron chi connectivity index (χ3n) is 4.38. The topological polar surface area (TPSA) is 110 Å². The maximum atomic E-state index is 12.5. The van der Waals surface area contributed by atoms with E-state index in [1.54, 1.807) is 24.1 Å². The number of anilines is 1. The number of rotatable bonds is 4. The number of nitro groups is 1. The Morgan fingerprint density at radius 1 is 1.21 bits per heavy atom. The van der Waals surface area contributed by atoms with Crippen LogP contribution in [0.2, 0.25) is 4.34 Å². The van der Waals surface area contributed by atoms with Gasteiger partial charge in [-0.15, -0.1) is 21.5 Å². The maximum Gasteiger partial charge on any atom is 0.342 e. The highest BCUT2D eigenvalue weighted by molar-refractivity contribution is 7.18. The minimum absolute atomic E-state index is 0.0187. The molecule has 3 aromatic heterocycles. The molecule has 0 aliphatic carbocycles. The third-order valence-corrected chi connectivity index (χ3v) is 6.58. The van der Waals surface area contributed by atoms with Gasteiger partial charge in [0.2, 0.25) is 10.1 Å². The second-order valence-electron chi connectivity index (χ2n) is 6.03. The Kier molecular flexibility index (Phi) is 5.00. The molecule has 1 fully saturated rings. The summed E-state index contributed by atoms with van der Waals surface area (Å²) in [6, 6.07) is 3.46. The number of amides is 1. The van der Waals surface area contributed by atoms with E-state index < -0.39 is 4.92 Å². The molecule has 10 nitrogen and oxygen atoms in total. The highest BCUT2D eigenvalue weighted by Gasteiger charge is 2.27. The van der Waals surface area contributed by atoms with Crippen molar-refractivity contribution in [3.63, 3.8) is 0 Å². The highest BCUT2D eigenvalue weighted by atomic mass is 35.5. The molecular weight excluding hydrogens is 426 g/mol. The van der Waals surface area contributed by atoms with Gasteiger partial charge in [0.1, 0.15) is 6.20 Å². The molecule has 146 valence electrons. The molecule has 1 aliphatic rings. The molecule has 1 amide bonds. The van der Waals surface area contributed by atoms with Crippen molar-refractivity contribution in [1.82, 2.24) is 24.6 Å². The van der Waals surface area contributed by atoms with E-state index in [-0.39, 0.29) is 11.7 Å². The Bertz CT molecular complexity index is 1040. The molecule has 0 radical (unpaired) electrons. The van der Waals surface area contributed by atoms with Gasteiger partial charge >= 0.3 is 5.82 Å². The van der Waals surface area contributed by atoms with Crippen LogP contribution in [0, 0.1) is 10.1 Å². The summed E-state index contributed by atoms with van der Waals surface area (Å²) in [5.41, 5.74) is 0. The summed E-state index contributed by atoms with van der Waals surface area (Å²) in [6.07, 6.45) is 1.21. The lowest BCUT2D eigenvalue weighted by Crippen LogP contribution is -2.48. The van der Waals surface area contributed by atoms with Crippen molar-refractivity contribution in [2.75, 3.05) is 31.1 Å². The third kappa shape index (κ3) is 3.45. The first-order valence-corrected chi connectivity index (χ1v) is 10.2. The SMILES string of the molecule is Cn1c([N+](=O)[O-])cnc1-c1nnc(N2CCN(C(=O)c3ccc(Cl)s3)CC2)s1. The van der Waals surface area contributed by atoms with Gasteiger partial charge < -0.3 is 19.9 Å². The molecule has 0 aromatic carbocycles. The van der Waals surface area contributed by atoms with Crippen LogP contribution in [0.3, 0.4) is 0 Å². The van der Waals surface area contributed by atoms with Crippen molar-refractivity contribution < 1.29 is 9.72 Å². The quantitative estimate of drug-likeness (QED) is 0.453. The zero-order valence-corrected chi connectivity index (χ0v) is 17.0. The predicted molar refractivity (Wildman–Crippen MR) is 106 cm³/mol. The van der Waals surface area contributed by atoms with Gasteiger partial charge in [0.15, 0.2) is 0 Å². The average Bonchev–Trinajstić information content (AvgIpc) is 3.40. The summed E-state index contributed by atoms with van der Waals surface area (Å²) >= 11 is 8.51. The first kappa shape index (κ1) is 18.8. The molecule has 0 saturated carbocycles. The molecule has 0 unspecified atom stereocenters. The Labute approximate surface area is 172 Å². The van der Waals surface area contributed by atoms with Crippen LogP contribution in [0.4, 0.5) is 10.9 Å². The second kappa shape index (κ2) is 7.45. The van der Waals surface area contributed by atoms with Gasteiger partial charge in [-0.1, -0.05) is 22.9 Å². The Hall–Kier alpha value is -2.57. The zero-order valence-electron chi connectivity index (χ0n) is 14.6. The van der Waals surface area contributed by atoms with Crippen LogP contribution < -0.4 is 4.90 Å². The molecule has 0 bridgehead atoms. The van der Waals surface area contributed by atoms with Gasteiger partial charge in [-0.3, -0.25) is 4.79 Å². The summed E-state index contributed by atoms with van der Waals surface area (Å²) in [7, 11) is 1.57. The van der Waals surface area contributed by atoms with Crippen LogP contribution in [-0.4, -0.2) is 61.7 Å². The fourth-order valence-electron chi connectivity index (χ4n) is 2.89. The summed E-state index contributed by atoms with van der Waals surface area (Å²) in [6.45, 7) is 2.38. The molecular formula is C15H14ClN7O3S2. The number of piperazine rings is 1. The number of hydrogen-bond donors (Lipinski definition) is 0. The van der Waals surface area contributed by atoms with Crippen LogP contribution in [0.25, 0.3) is 10.8 Å². The summed E-state index contributed by atoms with van der Waals surface area (Å²) in [5, 5.41) is 20.5. The van der Waals surface area contributed by atoms with E-state index >= 15 is 0 Å². The van der Waals surface area contributed by atoms with E-state index in [2.05, 4.69) is 15.2 Å². The number of imidazole rings is 1. The average molecular weight is 440 g/mol. The Balaban J connectivity index is 1.43. The van der Waals surface area contributed by atoms with Crippen molar-refractivity contribution in [3.05, 3.63) is 37.7 Å². The van der Waals surface area contributed by atoms with Crippen molar-refractivity contribution >= 4 is 51.1 Å². The predicted octanol–water partition coefficient (Wildman–Crippen LogP) is 2.52. The van der Waals surface area contributed by atoms with Gasteiger partial charge in [0.25, 0.3) is 11.7 Å². The lowest BCUT2D eigenvalue weighted by molar-refractivity contribution is -0.391. The fraction of sp³-hybridized carbons (Fsp3) is 0.333. The molecule has 3 aromatic rings. The first-order valence-electron chi connectivity index (χ1n) is 8.23. The van der Waals surface area contributed by atoms with E-state index in [4.69, 9.17) is 11.6 Å². The maximum absolute atomic E-state index is 12.5. The van der Waals surface area contributed by atoms with Gasteiger partial charge in [-0.2, -0.15) is 0 Å². The summed E-state index contributed by atoms with van der Waals surface area (Å²) in [5.74, 6) is 0.279. The Morgan fingerprint density at radius 2 is 1.96 bits per heavy atom. The molecule has 28 heavy (non-hydrogen) atoms. The molecule has 4 heterocycles. The molecule has 1 aliphatic heterocycles. The molecule has 0 N–H and O–H groups in total. The minimum Gasteiger partial charge on any atom is -0.358 e. The molecule has 13 heteroatoms. The molecule has 0 spiro atoms. The van der Waals surface area contributed by atoms with Crippen molar-refractivity contribution in [2.45, 2.75) is 0 Å². The van der Waals surface area contributed by atoms with Gasteiger partial charge in [-0.25, -0.2) is 9.55 Å². The standard InChI is InChI=1S/C15H14ClN7O3S2/c1-20-11(23(25)26)8-17-12(20)13-18-19-15(28-13)22-6-4-21(5-7-22)14(24)9-2-3-10(16)27-9/h2-3,8H,4-7H2,1H3. The zero-order chi connectivity index (χ0) is 19.8. The fourth-order valence-corrected chi connectivity index (χ4v) is 4.83. The second-order valence-corrected chi connectivity index (χ2v) is 8.70. The van der Waals surface area contributed by atoms with Gasteiger partial charge in [-0.05, 0) is 17.1 Å². The summed E-state index contributed by atoms with van der Waals surface area (Å²) < 4.78 is 1.98. The van der Waals surface area contributed by atoms with E-state index in [0.29, 0.717) is 51.4 Å². The van der Waals surface area contributed by atoms with E-state index in [0.717, 1.165) is 0 Å². The Morgan fingerprint density at radius 3 is 2.57 bits per heavy atom. The van der Waals surface area contributed by atoms with Gasteiger partial charge in [0, 0.05) is 26.2 Å². The van der Waals surface area contributed by atoms with Crippen LogP contribution in [-0.2, 0) is 7.05 Å². The minimum atomic E-state index is -0.491. The lowest BCUT2D eigenvalue weighted by Gasteiger charge is -2.34.